The second kappa shape index (κ2) is 7.02. The Kier molecular flexibility index (Phi) is 5.35. The fourth-order valence-electron chi connectivity index (χ4n) is 2.70. The summed E-state index contributed by atoms with van der Waals surface area (Å²) < 4.78 is 0. The maximum Gasteiger partial charge on any atom is 0.0369 e. The van der Waals surface area contributed by atoms with Crippen molar-refractivity contribution in [3.8, 4) is 0 Å². The van der Waals surface area contributed by atoms with Crippen molar-refractivity contribution in [2.24, 2.45) is 5.73 Å². The van der Waals surface area contributed by atoms with Crippen LogP contribution in [0.1, 0.15) is 24.5 Å². The molecule has 0 aliphatic carbocycles. The standard InChI is InChI=1S/C17H24N2S/c1-3-17(14-18,11-15-7-5-4-6-8-15)19(2)12-16-9-10-20-13-16/h4-10,13H,3,11-12,14,18H2,1-2H3. The molecule has 0 bridgehead atoms. The van der Waals surface area contributed by atoms with E-state index >= 15 is 0 Å². The van der Waals surface area contributed by atoms with Crippen molar-refractivity contribution < 1.29 is 0 Å². The van der Waals surface area contributed by atoms with Crippen molar-refractivity contribution in [2.45, 2.75) is 31.8 Å². The van der Waals surface area contributed by atoms with Gasteiger partial charge in [-0.3, -0.25) is 4.90 Å². The molecule has 0 aliphatic rings. The van der Waals surface area contributed by atoms with E-state index in [2.05, 4.69) is 66.0 Å². The van der Waals surface area contributed by atoms with Gasteiger partial charge in [-0.05, 0) is 47.8 Å². The van der Waals surface area contributed by atoms with Gasteiger partial charge in [0, 0.05) is 18.6 Å². The zero-order valence-corrected chi connectivity index (χ0v) is 13.2. The second-order valence-corrected chi connectivity index (χ2v) is 6.21. The molecule has 3 heteroatoms. The van der Waals surface area contributed by atoms with Crippen LogP contribution in [0.25, 0.3) is 0 Å². The van der Waals surface area contributed by atoms with Gasteiger partial charge in [-0.25, -0.2) is 0 Å². The van der Waals surface area contributed by atoms with Crippen molar-refractivity contribution in [2.75, 3.05) is 13.6 Å². The van der Waals surface area contributed by atoms with Gasteiger partial charge < -0.3 is 5.73 Å². The highest BCUT2D eigenvalue weighted by atomic mass is 32.1. The number of hydrogen-bond acceptors (Lipinski definition) is 3. The van der Waals surface area contributed by atoms with E-state index in [1.807, 2.05) is 0 Å². The van der Waals surface area contributed by atoms with E-state index in [0.717, 1.165) is 19.4 Å². The van der Waals surface area contributed by atoms with Crippen LogP contribution >= 0.6 is 11.3 Å². The SMILES string of the molecule is CCC(CN)(Cc1ccccc1)N(C)Cc1ccsc1. The first kappa shape index (κ1) is 15.2. The summed E-state index contributed by atoms with van der Waals surface area (Å²) in [5, 5.41) is 4.35. The third-order valence-corrected chi connectivity index (χ3v) is 4.96. The van der Waals surface area contributed by atoms with E-state index in [1.54, 1.807) is 11.3 Å². The molecule has 2 N–H and O–H groups in total. The lowest BCUT2D eigenvalue weighted by atomic mass is 9.86. The predicted molar refractivity (Wildman–Crippen MR) is 88.0 cm³/mol. The minimum Gasteiger partial charge on any atom is -0.329 e. The summed E-state index contributed by atoms with van der Waals surface area (Å²) in [6, 6.07) is 12.8. The molecular formula is C17H24N2S. The molecule has 20 heavy (non-hydrogen) atoms. The smallest absolute Gasteiger partial charge is 0.0369 e. The molecular weight excluding hydrogens is 264 g/mol. The Morgan fingerprint density at radius 1 is 1.15 bits per heavy atom. The van der Waals surface area contributed by atoms with E-state index in [4.69, 9.17) is 5.73 Å². The van der Waals surface area contributed by atoms with E-state index in [0.29, 0.717) is 6.54 Å². The van der Waals surface area contributed by atoms with Gasteiger partial charge in [0.25, 0.3) is 0 Å². The van der Waals surface area contributed by atoms with E-state index < -0.39 is 0 Å². The highest BCUT2D eigenvalue weighted by Gasteiger charge is 2.31. The van der Waals surface area contributed by atoms with Gasteiger partial charge in [0.05, 0.1) is 0 Å². The molecule has 1 unspecified atom stereocenters. The third-order valence-electron chi connectivity index (χ3n) is 4.22. The summed E-state index contributed by atoms with van der Waals surface area (Å²) in [6.07, 6.45) is 2.06. The van der Waals surface area contributed by atoms with Gasteiger partial charge in [0.15, 0.2) is 0 Å². The topological polar surface area (TPSA) is 29.3 Å². The number of thiophene rings is 1. The summed E-state index contributed by atoms with van der Waals surface area (Å²) >= 11 is 1.75. The quantitative estimate of drug-likeness (QED) is 0.844. The monoisotopic (exact) mass is 288 g/mol. The highest BCUT2D eigenvalue weighted by Crippen LogP contribution is 2.25. The summed E-state index contributed by atoms with van der Waals surface area (Å²) in [5.74, 6) is 0. The molecule has 0 aliphatic heterocycles. The van der Waals surface area contributed by atoms with Gasteiger partial charge in [-0.1, -0.05) is 37.3 Å². The van der Waals surface area contributed by atoms with Crippen LogP contribution in [-0.4, -0.2) is 24.0 Å². The van der Waals surface area contributed by atoms with Gasteiger partial charge in [-0.2, -0.15) is 11.3 Å². The molecule has 1 aromatic heterocycles. The lowest BCUT2D eigenvalue weighted by Crippen LogP contribution is -2.52. The number of benzene rings is 1. The van der Waals surface area contributed by atoms with Crippen molar-refractivity contribution in [3.05, 3.63) is 58.3 Å². The minimum absolute atomic E-state index is 0.0310. The molecule has 0 radical (unpaired) electrons. The van der Waals surface area contributed by atoms with Crippen LogP contribution in [0, 0.1) is 0 Å². The molecule has 0 amide bonds. The van der Waals surface area contributed by atoms with Gasteiger partial charge in [0.1, 0.15) is 0 Å². The molecule has 2 aromatic rings. The molecule has 1 heterocycles. The number of rotatable bonds is 7. The Morgan fingerprint density at radius 3 is 2.45 bits per heavy atom. The predicted octanol–water partition coefficient (Wildman–Crippen LogP) is 3.53. The molecule has 2 nitrogen and oxygen atoms in total. The van der Waals surface area contributed by atoms with Crippen LogP contribution in [0.3, 0.4) is 0 Å². The average Bonchev–Trinajstić information content (AvgIpc) is 2.99. The molecule has 2 rings (SSSR count). The zero-order valence-electron chi connectivity index (χ0n) is 12.4. The van der Waals surface area contributed by atoms with Crippen LogP contribution in [0.4, 0.5) is 0 Å². The Hall–Kier alpha value is -1.16. The first-order valence-corrected chi connectivity index (χ1v) is 8.11. The van der Waals surface area contributed by atoms with Crippen LogP contribution < -0.4 is 5.73 Å². The van der Waals surface area contributed by atoms with E-state index in [9.17, 15) is 0 Å². The van der Waals surface area contributed by atoms with Gasteiger partial charge in [-0.15, -0.1) is 0 Å². The van der Waals surface area contributed by atoms with Crippen LogP contribution in [-0.2, 0) is 13.0 Å². The number of nitrogens with zero attached hydrogens (tertiary/aromatic N) is 1. The van der Waals surface area contributed by atoms with Crippen molar-refractivity contribution in [3.63, 3.8) is 0 Å². The zero-order chi connectivity index (χ0) is 14.4. The fraction of sp³-hybridized carbons (Fsp3) is 0.412. The first-order valence-electron chi connectivity index (χ1n) is 7.16. The summed E-state index contributed by atoms with van der Waals surface area (Å²) in [4.78, 5) is 2.42. The molecule has 0 saturated heterocycles. The number of nitrogens with two attached hydrogens (primary N) is 1. The Labute approximate surface area is 126 Å². The second-order valence-electron chi connectivity index (χ2n) is 5.43. The highest BCUT2D eigenvalue weighted by molar-refractivity contribution is 7.07. The largest absolute Gasteiger partial charge is 0.329 e. The number of hydrogen-bond donors (Lipinski definition) is 1. The van der Waals surface area contributed by atoms with E-state index in [-0.39, 0.29) is 5.54 Å². The molecule has 108 valence electrons. The van der Waals surface area contributed by atoms with Gasteiger partial charge in [0.2, 0.25) is 0 Å². The number of likely N-dealkylation sites (N-methyl/N-ethyl adjacent to an activating group) is 1. The molecule has 0 spiro atoms. The summed E-state index contributed by atoms with van der Waals surface area (Å²) in [7, 11) is 2.19. The van der Waals surface area contributed by atoms with Crippen molar-refractivity contribution in [1.82, 2.24) is 4.90 Å². The molecule has 0 fully saturated rings. The summed E-state index contributed by atoms with van der Waals surface area (Å²) in [5.41, 5.74) is 8.92. The van der Waals surface area contributed by atoms with Crippen LogP contribution in [0.2, 0.25) is 0 Å². The fourth-order valence-corrected chi connectivity index (χ4v) is 3.36. The Bertz CT molecular complexity index is 489. The van der Waals surface area contributed by atoms with E-state index in [1.165, 1.54) is 11.1 Å². The Balaban J connectivity index is 2.15. The van der Waals surface area contributed by atoms with Crippen LogP contribution in [0.15, 0.2) is 47.2 Å². The maximum absolute atomic E-state index is 6.16. The van der Waals surface area contributed by atoms with Crippen molar-refractivity contribution >= 4 is 11.3 Å². The van der Waals surface area contributed by atoms with Crippen LogP contribution in [0.5, 0.6) is 0 Å². The molecule has 0 saturated carbocycles. The lowest BCUT2D eigenvalue weighted by molar-refractivity contribution is 0.112. The van der Waals surface area contributed by atoms with Gasteiger partial charge >= 0.3 is 0 Å². The third kappa shape index (κ3) is 3.48. The maximum atomic E-state index is 6.16. The normalized spacial score (nSPS) is 14.4. The molecule has 1 aromatic carbocycles. The first-order chi connectivity index (χ1) is 9.70. The Morgan fingerprint density at radius 2 is 1.90 bits per heavy atom. The van der Waals surface area contributed by atoms with Crippen molar-refractivity contribution in [1.29, 1.82) is 0 Å². The lowest BCUT2D eigenvalue weighted by Gasteiger charge is -2.41. The minimum atomic E-state index is 0.0310. The average molecular weight is 288 g/mol. The summed E-state index contributed by atoms with van der Waals surface area (Å²) in [6.45, 7) is 3.88. The molecule has 1 atom stereocenters.